The van der Waals surface area contributed by atoms with Crippen LogP contribution in [0.1, 0.15) is 25.3 Å². The lowest BCUT2D eigenvalue weighted by molar-refractivity contribution is -0.137. The molecule has 0 bridgehead atoms. The van der Waals surface area contributed by atoms with Gasteiger partial charge in [0.25, 0.3) is 0 Å². The van der Waals surface area contributed by atoms with Crippen LogP contribution in [-0.2, 0) is 10.9 Å². The Morgan fingerprint density at radius 2 is 1.63 bits per heavy atom. The molecule has 0 spiro atoms. The molecule has 2 saturated heterocycles. The van der Waals surface area contributed by atoms with Gasteiger partial charge in [-0.15, -0.1) is 0 Å². The predicted octanol–water partition coefficient (Wildman–Crippen LogP) is 3.68. The van der Waals surface area contributed by atoms with Crippen LogP contribution in [0.5, 0.6) is 0 Å². The molecule has 0 aromatic heterocycles. The lowest BCUT2D eigenvalue weighted by Crippen LogP contribution is -2.43. The van der Waals surface area contributed by atoms with E-state index in [1.54, 1.807) is 0 Å². The summed E-state index contributed by atoms with van der Waals surface area (Å²) >= 11 is 0. The molecule has 0 amide bonds. The molecule has 0 unspecified atom stereocenters. The first kappa shape index (κ1) is 22.8. The fraction of sp³-hybridized carbons (Fsp3) is 0.591. The molecular formula is C22H31F3N4O. The number of nitrogens with two attached hydrogens (primary N) is 1. The van der Waals surface area contributed by atoms with Gasteiger partial charge in [-0.2, -0.15) is 13.2 Å². The summed E-state index contributed by atoms with van der Waals surface area (Å²) in [5.41, 5.74) is 7.63. The van der Waals surface area contributed by atoms with E-state index in [9.17, 15) is 13.2 Å². The summed E-state index contributed by atoms with van der Waals surface area (Å²) in [5.74, 6) is 0.322. The van der Waals surface area contributed by atoms with E-state index in [0.29, 0.717) is 17.3 Å². The minimum absolute atomic E-state index is 0.322. The number of likely N-dealkylation sites (tertiary alicyclic amines) is 1. The third-order valence-electron chi connectivity index (χ3n) is 5.77. The molecule has 3 rings (SSSR count). The number of halogens is 3. The van der Waals surface area contributed by atoms with Crippen molar-refractivity contribution in [3.63, 3.8) is 0 Å². The van der Waals surface area contributed by atoms with Gasteiger partial charge in [-0.05, 0) is 63.2 Å². The van der Waals surface area contributed by atoms with Gasteiger partial charge in [-0.3, -0.25) is 9.89 Å². The summed E-state index contributed by atoms with van der Waals surface area (Å²) < 4.78 is 43.4. The summed E-state index contributed by atoms with van der Waals surface area (Å²) in [4.78, 5) is 9.32. The fourth-order valence-electron chi connectivity index (χ4n) is 3.92. The summed E-state index contributed by atoms with van der Waals surface area (Å²) in [7, 11) is 0. The zero-order chi connectivity index (χ0) is 21.6. The van der Waals surface area contributed by atoms with E-state index in [1.807, 2.05) is 13.0 Å². The van der Waals surface area contributed by atoms with Crippen molar-refractivity contribution in [2.75, 3.05) is 52.5 Å². The highest BCUT2D eigenvalue weighted by molar-refractivity contribution is 5.95. The highest BCUT2D eigenvalue weighted by atomic mass is 19.4. The molecule has 1 aromatic carbocycles. The van der Waals surface area contributed by atoms with Crippen LogP contribution in [0.15, 0.2) is 41.0 Å². The van der Waals surface area contributed by atoms with Gasteiger partial charge in [0.05, 0.1) is 24.5 Å². The third kappa shape index (κ3) is 6.82. The monoisotopic (exact) mass is 424 g/mol. The van der Waals surface area contributed by atoms with Crippen molar-refractivity contribution in [3.05, 3.63) is 41.6 Å². The van der Waals surface area contributed by atoms with E-state index < -0.39 is 11.7 Å². The number of morpholine rings is 1. The molecule has 30 heavy (non-hydrogen) atoms. The Morgan fingerprint density at radius 1 is 1.07 bits per heavy atom. The minimum atomic E-state index is -4.33. The van der Waals surface area contributed by atoms with Gasteiger partial charge in [0, 0.05) is 43.5 Å². The van der Waals surface area contributed by atoms with Crippen molar-refractivity contribution in [2.45, 2.75) is 25.9 Å². The molecule has 5 nitrogen and oxygen atoms in total. The van der Waals surface area contributed by atoms with Crippen molar-refractivity contribution in [3.8, 4) is 0 Å². The number of aliphatic imine (C=N–C) groups is 1. The van der Waals surface area contributed by atoms with Crippen LogP contribution in [-0.4, -0.2) is 68.0 Å². The zero-order valence-electron chi connectivity index (χ0n) is 17.5. The molecule has 0 aliphatic carbocycles. The summed E-state index contributed by atoms with van der Waals surface area (Å²) in [5, 5.41) is 0. The van der Waals surface area contributed by atoms with Gasteiger partial charge in [-0.25, -0.2) is 0 Å². The average molecular weight is 425 g/mol. The molecule has 1 aromatic rings. The maximum Gasteiger partial charge on any atom is 0.416 e. The molecule has 166 valence electrons. The number of nitrogens with zero attached hydrogens (tertiary/aromatic N) is 3. The van der Waals surface area contributed by atoms with Crippen LogP contribution < -0.4 is 5.73 Å². The molecule has 2 heterocycles. The third-order valence-corrected chi connectivity index (χ3v) is 5.77. The van der Waals surface area contributed by atoms with Crippen LogP contribution in [0.3, 0.4) is 0 Å². The lowest BCUT2D eigenvalue weighted by Gasteiger charge is -2.34. The number of allylic oxidation sites excluding steroid dienone is 2. The molecule has 0 atom stereocenters. The van der Waals surface area contributed by atoms with Crippen molar-refractivity contribution in [2.24, 2.45) is 16.6 Å². The highest BCUT2D eigenvalue weighted by Crippen LogP contribution is 2.30. The Labute approximate surface area is 176 Å². The van der Waals surface area contributed by atoms with Crippen molar-refractivity contribution in [1.82, 2.24) is 9.80 Å². The second kappa shape index (κ2) is 10.4. The fourth-order valence-corrected chi connectivity index (χ4v) is 3.92. The highest BCUT2D eigenvalue weighted by Gasteiger charge is 2.30. The van der Waals surface area contributed by atoms with Gasteiger partial charge in [0.15, 0.2) is 0 Å². The Balaban J connectivity index is 1.47. The minimum Gasteiger partial charge on any atom is -0.402 e. The maximum absolute atomic E-state index is 12.7. The second-order valence-corrected chi connectivity index (χ2v) is 8.01. The number of ether oxygens (including phenoxy) is 1. The first-order valence-electron chi connectivity index (χ1n) is 10.5. The summed E-state index contributed by atoms with van der Waals surface area (Å²) in [6, 6.07) is 4.85. The first-order valence-corrected chi connectivity index (χ1v) is 10.5. The van der Waals surface area contributed by atoms with Gasteiger partial charge in [0.2, 0.25) is 0 Å². The smallest absolute Gasteiger partial charge is 0.402 e. The van der Waals surface area contributed by atoms with E-state index in [1.165, 1.54) is 12.1 Å². The number of hydrogen-bond donors (Lipinski definition) is 1. The van der Waals surface area contributed by atoms with Gasteiger partial charge >= 0.3 is 6.18 Å². The van der Waals surface area contributed by atoms with E-state index >= 15 is 0 Å². The predicted molar refractivity (Wildman–Crippen MR) is 113 cm³/mol. The zero-order valence-corrected chi connectivity index (χ0v) is 17.5. The normalized spacial score (nSPS) is 21.2. The topological polar surface area (TPSA) is 54.1 Å². The molecule has 2 aliphatic heterocycles. The Morgan fingerprint density at radius 3 is 2.20 bits per heavy atom. The van der Waals surface area contributed by atoms with E-state index in [-0.39, 0.29) is 0 Å². The number of benzene rings is 1. The largest absolute Gasteiger partial charge is 0.416 e. The van der Waals surface area contributed by atoms with Crippen molar-refractivity contribution >= 4 is 11.4 Å². The van der Waals surface area contributed by atoms with Gasteiger partial charge < -0.3 is 15.4 Å². The SMILES string of the molecule is CC(/C=C(\N)C1CCN(CCN2CCOCC2)CC1)=Nc1ccc(C(F)(F)F)cc1. The number of piperidine rings is 1. The van der Waals surface area contributed by atoms with Crippen LogP contribution in [0.25, 0.3) is 0 Å². The second-order valence-electron chi connectivity index (χ2n) is 8.01. The number of hydrogen-bond acceptors (Lipinski definition) is 5. The van der Waals surface area contributed by atoms with Crippen LogP contribution in [0.2, 0.25) is 0 Å². The molecule has 8 heteroatoms. The van der Waals surface area contributed by atoms with Crippen LogP contribution in [0.4, 0.5) is 18.9 Å². The van der Waals surface area contributed by atoms with Crippen LogP contribution in [0, 0.1) is 5.92 Å². The van der Waals surface area contributed by atoms with E-state index in [0.717, 1.165) is 83.2 Å². The standard InChI is InChI=1S/C22H31F3N4O/c1-17(27-20-4-2-19(3-5-20)22(23,24)25)16-21(26)18-6-8-28(9-7-18)10-11-29-12-14-30-15-13-29/h2-5,16,18H,6-15,26H2,1H3/b21-16-,27-17?. The van der Waals surface area contributed by atoms with Gasteiger partial charge in [0.1, 0.15) is 0 Å². The van der Waals surface area contributed by atoms with E-state index in [4.69, 9.17) is 10.5 Å². The Kier molecular flexibility index (Phi) is 7.91. The number of rotatable bonds is 6. The van der Waals surface area contributed by atoms with Crippen molar-refractivity contribution < 1.29 is 17.9 Å². The molecule has 2 N–H and O–H groups in total. The molecule has 0 radical (unpaired) electrons. The number of alkyl halides is 3. The molecular weight excluding hydrogens is 393 g/mol. The maximum atomic E-state index is 12.7. The Hall–Kier alpha value is -1.90. The lowest BCUT2D eigenvalue weighted by atomic mass is 9.93. The molecule has 2 aliphatic rings. The first-order chi connectivity index (χ1) is 14.3. The molecule has 2 fully saturated rings. The quantitative estimate of drug-likeness (QED) is 0.708. The Bertz CT molecular complexity index is 732. The average Bonchev–Trinajstić information content (AvgIpc) is 2.73. The van der Waals surface area contributed by atoms with Crippen molar-refractivity contribution in [1.29, 1.82) is 0 Å². The summed E-state index contributed by atoms with van der Waals surface area (Å²) in [6.07, 6.45) is -0.456. The summed E-state index contributed by atoms with van der Waals surface area (Å²) in [6.45, 7) is 9.73. The van der Waals surface area contributed by atoms with Crippen LogP contribution >= 0.6 is 0 Å². The van der Waals surface area contributed by atoms with Gasteiger partial charge in [-0.1, -0.05) is 0 Å². The molecule has 0 saturated carbocycles. The van der Waals surface area contributed by atoms with E-state index in [2.05, 4.69) is 14.8 Å².